The van der Waals surface area contributed by atoms with Crippen molar-refractivity contribution in [3.63, 3.8) is 0 Å². The first kappa shape index (κ1) is 11.9. The average Bonchev–Trinajstić information content (AvgIpc) is 2.33. The number of hydrogen-bond donors (Lipinski definition) is 2. The molecule has 0 spiro atoms. The predicted octanol–water partition coefficient (Wildman–Crippen LogP) is 0.647. The Labute approximate surface area is 102 Å². The van der Waals surface area contributed by atoms with Crippen molar-refractivity contribution in [2.75, 3.05) is 18.0 Å². The van der Waals surface area contributed by atoms with Crippen LogP contribution >= 0.6 is 0 Å². The molecular formula is C13H19N3O. The minimum atomic E-state index is -0.264. The molecule has 1 heterocycles. The Morgan fingerprint density at radius 3 is 2.82 bits per heavy atom. The second kappa shape index (κ2) is 4.75. The van der Waals surface area contributed by atoms with Gasteiger partial charge in [-0.2, -0.15) is 0 Å². The summed E-state index contributed by atoms with van der Waals surface area (Å²) in [5, 5.41) is 2.89. The molecular weight excluding hydrogens is 214 g/mol. The monoisotopic (exact) mass is 233 g/mol. The van der Waals surface area contributed by atoms with Gasteiger partial charge in [0.05, 0.1) is 0 Å². The molecule has 0 radical (unpaired) electrons. The standard InChI is InChI=1S/C13H19N3O/c1-9-5-3-4-6-11(9)16-10(2)8-15-13(17)12(16)7-14/h3-6,10,12H,7-8,14H2,1-2H3,(H,15,17). The number of nitrogens with zero attached hydrogens (tertiary/aromatic N) is 1. The third-order valence-electron chi connectivity index (χ3n) is 3.30. The first-order valence-corrected chi connectivity index (χ1v) is 5.97. The topological polar surface area (TPSA) is 58.4 Å². The molecule has 2 atom stereocenters. The number of carbonyl (C=O) groups is 1. The lowest BCUT2D eigenvalue weighted by Gasteiger charge is -2.42. The number of piperazine rings is 1. The van der Waals surface area contributed by atoms with Crippen LogP contribution in [-0.2, 0) is 4.79 Å². The van der Waals surface area contributed by atoms with E-state index in [1.54, 1.807) is 0 Å². The zero-order chi connectivity index (χ0) is 12.4. The fraction of sp³-hybridized carbons (Fsp3) is 0.462. The molecule has 2 rings (SSSR count). The van der Waals surface area contributed by atoms with Crippen molar-refractivity contribution in [2.24, 2.45) is 5.73 Å². The number of hydrogen-bond acceptors (Lipinski definition) is 3. The van der Waals surface area contributed by atoms with E-state index in [9.17, 15) is 4.79 Å². The number of carbonyl (C=O) groups excluding carboxylic acids is 1. The third kappa shape index (κ3) is 2.13. The van der Waals surface area contributed by atoms with Gasteiger partial charge in [-0.25, -0.2) is 0 Å². The highest BCUT2D eigenvalue weighted by Crippen LogP contribution is 2.25. The lowest BCUT2D eigenvalue weighted by Crippen LogP contribution is -2.62. The number of aryl methyl sites for hydroxylation is 1. The molecule has 92 valence electrons. The zero-order valence-electron chi connectivity index (χ0n) is 10.3. The average molecular weight is 233 g/mol. The molecule has 0 saturated carbocycles. The predicted molar refractivity (Wildman–Crippen MR) is 69.0 cm³/mol. The van der Waals surface area contributed by atoms with E-state index in [1.807, 2.05) is 18.2 Å². The molecule has 0 bridgehead atoms. The Hall–Kier alpha value is -1.55. The van der Waals surface area contributed by atoms with E-state index in [2.05, 4.69) is 30.1 Å². The van der Waals surface area contributed by atoms with Gasteiger partial charge in [0.25, 0.3) is 0 Å². The minimum Gasteiger partial charge on any atom is -0.354 e. The highest BCUT2D eigenvalue weighted by Gasteiger charge is 2.33. The summed E-state index contributed by atoms with van der Waals surface area (Å²) in [6, 6.07) is 8.11. The third-order valence-corrected chi connectivity index (χ3v) is 3.30. The first-order chi connectivity index (χ1) is 8.15. The van der Waals surface area contributed by atoms with Gasteiger partial charge >= 0.3 is 0 Å². The normalized spacial score (nSPS) is 24.6. The van der Waals surface area contributed by atoms with Crippen LogP contribution in [0.1, 0.15) is 12.5 Å². The molecule has 1 fully saturated rings. The highest BCUT2D eigenvalue weighted by molar-refractivity contribution is 5.87. The number of anilines is 1. The van der Waals surface area contributed by atoms with Crippen LogP contribution in [0.15, 0.2) is 24.3 Å². The van der Waals surface area contributed by atoms with Gasteiger partial charge in [-0.15, -0.1) is 0 Å². The second-order valence-corrected chi connectivity index (χ2v) is 4.54. The van der Waals surface area contributed by atoms with Gasteiger partial charge in [-0.05, 0) is 25.5 Å². The van der Waals surface area contributed by atoms with Crippen molar-refractivity contribution in [2.45, 2.75) is 25.9 Å². The number of amides is 1. The summed E-state index contributed by atoms with van der Waals surface area (Å²) >= 11 is 0. The number of nitrogens with two attached hydrogens (primary N) is 1. The molecule has 1 aromatic carbocycles. The second-order valence-electron chi connectivity index (χ2n) is 4.54. The van der Waals surface area contributed by atoms with Gasteiger partial charge in [0.15, 0.2) is 0 Å². The van der Waals surface area contributed by atoms with Crippen LogP contribution in [0.3, 0.4) is 0 Å². The number of rotatable bonds is 2. The Bertz CT molecular complexity index is 419. The smallest absolute Gasteiger partial charge is 0.244 e. The summed E-state index contributed by atoms with van der Waals surface area (Å²) in [6.45, 7) is 5.17. The molecule has 1 aliphatic rings. The van der Waals surface area contributed by atoms with Gasteiger partial charge < -0.3 is 16.0 Å². The fourth-order valence-corrected chi connectivity index (χ4v) is 2.38. The van der Waals surface area contributed by atoms with Crippen LogP contribution in [0, 0.1) is 6.92 Å². The number of benzene rings is 1. The van der Waals surface area contributed by atoms with Crippen LogP contribution in [0.25, 0.3) is 0 Å². The summed E-state index contributed by atoms with van der Waals surface area (Å²) in [7, 11) is 0. The van der Waals surface area contributed by atoms with Crippen LogP contribution in [0.5, 0.6) is 0 Å². The Morgan fingerprint density at radius 2 is 2.18 bits per heavy atom. The van der Waals surface area contributed by atoms with E-state index >= 15 is 0 Å². The van der Waals surface area contributed by atoms with Crippen molar-refractivity contribution in [1.82, 2.24) is 5.32 Å². The van der Waals surface area contributed by atoms with E-state index in [0.717, 1.165) is 5.69 Å². The number of para-hydroxylation sites is 1. The van der Waals surface area contributed by atoms with Gasteiger partial charge in [0.2, 0.25) is 5.91 Å². The van der Waals surface area contributed by atoms with Crippen LogP contribution in [0.4, 0.5) is 5.69 Å². The Balaban J connectivity index is 2.39. The molecule has 4 nitrogen and oxygen atoms in total. The van der Waals surface area contributed by atoms with Crippen molar-refractivity contribution >= 4 is 11.6 Å². The summed E-state index contributed by atoms with van der Waals surface area (Å²) in [5.74, 6) is 0.0221. The van der Waals surface area contributed by atoms with E-state index in [-0.39, 0.29) is 18.0 Å². The lowest BCUT2D eigenvalue weighted by molar-refractivity contribution is -0.123. The molecule has 4 heteroatoms. The molecule has 0 aromatic heterocycles. The summed E-state index contributed by atoms with van der Waals surface area (Å²) in [4.78, 5) is 14.0. The fourth-order valence-electron chi connectivity index (χ4n) is 2.38. The summed E-state index contributed by atoms with van der Waals surface area (Å²) in [5.41, 5.74) is 8.01. The molecule has 1 aliphatic heterocycles. The van der Waals surface area contributed by atoms with Crippen LogP contribution < -0.4 is 16.0 Å². The quantitative estimate of drug-likeness (QED) is 0.788. The van der Waals surface area contributed by atoms with E-state index < -0.39 is 0 Å². The van der Waals surface area contributed by atoms with Gasteiger partial charge in [0, 0.05) is 24.8 Å². The molecule has 2 unspecified atom stereocenters. The molecule has 3 N–H and O–H groups in total. The van der Waals surface area contributed by atoms with Crippen molar-refractivity contribution in [1.29, 1.82) is 0 Å². The van der Waals surface area contributed by atoms with Crippen molar-refractivity contribution in [3.8, 4) is 0 Å². The summed E-state index contributed by atoms with van der Waals surface area (Å²) < 4.78 is 0. The molecule has 1 amide bonds. The van der Waals surface area contributed by atoms with Crippen molar-refractivity contribution < 1.29 is 4.79 Å². The molecule has 0 aliphatic carbocycles. The molecule has 17 heavy (non-hydrogen) atoms. The maximum atomic E-state index is 11.8. The molecule has 1 aromatic rings. The van der Waals surface area contributed by atoms with Crippen LogP contribution in [-0.4, -0.2) is 31.1 Å². The van der Waals surface area contributed by atoms with Gasteiger partial charge in [-0.3, -0.25) is 4.79 Å². The first-order valence-electron chi connectivity index (χ1n) is 5.97. The molecule has 1 saturated heterocycles. The largest absolute Gasteiger partial charge is 0.354 e. The lowest BCUT2D eigenvalue weighted by atomic mass is 10.0. The van der Waals surface area contributed by atoms with Crippen molar-refractivity contribution in [3.05, 3.63) is 29.8 Å². The number of nitrogens with one attached hydrogen (secondary N) is 1. The maximum absolute atomic E-state index is 11.8. The van der Waals surface area contributed by atoms with E-state index in [0.29, 0.717) is 13.1 Å². The van der Waals surface area contributed by atoms with Crippen LogP contribution in [0.2, 0.25) is 0 Å². The SMILES string of the molecule is Cc1ccccc1N1C(C)CNC(=O)C1CN. The Kier molecular flexibility index (Phi) is 3.33. The zero-order valence-corrected chi connectivity index (χ0v) is 10.3. The van der Waals surface area contributed by atoms with Gasteiger partial charge in [0.1, 0.15) is 6.04 Å². The minimum absolute atomic E-state index is 0.0221. The van der Waals surface area contributed by atoms with E-state index in [1.165, 1.54) is 5.56 Å². The van der Waals surface area contributed by atoms with E-state index in [4.69, 9.17) is 5.73 Å². The maximum Gasteiger partial charge on any atom is 0.244 e. The Morgan fingerprint density at radius 1 is 1.47 bits per heavy atom. The van der Waals surface area contributed by atoms with Gasteiger partial charge in [-0.1, -0.05) is 18.2 Å². The summed E-state index contributed by atoms with van der Waals surface area (Å²) in [6.07, 6.45) is 0. The highest BCUT2D eigenvalue weighted by atomic mass is 16.2.